The first-order valence-corrected chi connectivity index (χ1v) is 10.2. The van der Waals surface area contributed by atoms with Gasteiger partial charge in [0, 0.05) is 36.3 Å². The minimum Gasteiger partial charge on any atom is -0.768 e. The van der Waals surface area contributed by atoms with Crippen molar-refractivity contribution in [3.63, 3.8) is 0 Å². The average Bonchev–Trinajstić information content (AvgIpc) is 3.29. The Labute approximate surface area is 163 Å². The zero-order chi connectivity index (χ0) is 19.3. The minimum absolute atomic E-state index is 0.112. The summed E-state index contributed by atoms with van der Waals surface area (Å²) in [5, 5.41) is 0.976. The van der Waals surface area contributed by atoms with Crippen molar-refractivity contribution in [2.45, 2.75) is 23.3 Å². The van der Waals surface area contributed by atoms with E-state index in [4.69, 9.17) is 0 Å². The van der Waals surface area contributed by atoms with Gasteiger partial charge in [-0.25, -0.2) is 9.97 Å². The molecule has 8 nitrogen and oxygen atoms in total. The lowest BCUT2D eigenvalue weighted by molar-refractivity contribution is 0.0624. The van der Waals surface area contributed by atoms with Gasteiger partial charge in [-0.2, -0.15) is 0 Å². The van der Waals surface area contributed by atoms with Gasteiger partial charge in [0.2, 0.25) is 0 Å². The van der Waals surface area contributed by atoms with Crippen LogP contribution >= 0.6 is 0 Å². The van der Waals surface area contributed by atoms with Gasteiger partial charge in [0.15, 0.2) is 0 Å². The highest BCUT2D eigenvalue weighted by atomic mass is 32.2. The Morgan fingerprint density at radius 3 is 2.86 bits per heavy atom. The summed E-state index contributed by atoms with van der Waals surface area (Å²) in [4.78, 5) is 29.2. The lowest BCUT2D eigenvalue weighted by Crippen LogP contribution is -2.57. The zero-order valence-corrected chi connectivity index (χ0v) is 15.8. The maximum Gasteiger partial charge on any atom is 0.254 e. The van der Waals surface area contributed by atoms with Crippen LogP contribution in [0.15, 0.2) is 47.8 Å². The van der Waals surface area contributed by atoms with Crippen LogP contribution in [0.2, 0.25) is 0 Å². The second-order valence-corrected chi connectivity index (χ2v) is 8.24. The molecule has 144 valence electrons. The second kappa shape index (κ2) is 6.39. The largest absolute Gasteiger partial charge is 0.768 e. The molecule has 5 rings (SSSR count). The van der Waals surface area contributed by atoms with E-state index >= 15 is 0 Å². The molecular formula is C19H18N5O3S-. The van der Waals surface area contributed by atoms with E-state index in [9.17, 15) is 13.6 Å². The van der Waals surface area contributed by atoms with E-state index in [1.807, 2.05) is 17.2 Å². The number of hydrogen-bond acceptors (Lipinski definition) is 6. The van der Waals surface area contributed by atoms with Crippen molar-refractivity contribution < 1.29 is 13.6 Å². The number of hydrogen-bond donors (Lipinski definition) is 1. The number of piperazine rings is 1. The first-order valence-electron chi connectivity index (χ1n) is 9.12. The lowest BCUT2D eigenvalue weighted by Gasteiger charge is -2.43. The van der Waals surface area contributed by atoms with E-state index in [0.29, 0.717) is 25.2 Å². The van der Waals surface area contributed by atoms with Crippen LogP contribution < -0.4 is 4.90 Å². The van der Waals surface area contributed by atoms with Gasteiger partial charge < -0.3 is 19.3 Å². The van der Waals surface area contributed by atoms with Crippen molar-refractivity contribution in [3.8, 4) is 0 Å². The molecule has 1 aliphatic heterocycles. The summed E-state index contributed by atoms with van der Waals surface area (Å²) in [6, 6.07) is 8.19. The molecule has 1 N–H and O–H groups in total. The van der Waals surface area contributed by atoms with Gasteiger partial charge in [0.1, 0.15) is 17.8 Å². The number of benzene rings is 1. The zero-order valence-electron chi connectivity index (χ0n) is 15.0. The maximum atomic E-state index is 13.1. The van der Waals surface area contributed by atoms with Crippen LogP contribution in [-0.4, -0.2) is 59.7 Å². The number of fused-ring (bicyclic) bond motifs is 1. The van der Waals surface area contributed by atoms with Crippen molar-refractivity contribution in [1.29, 1.82) is 0 Å². The molecule has 0 radical (unpaired) electrons. The Kier molecular flexibility index (Phi) is 3.95. The van der Waals surface area contributed by atoms with Gasteiger partial charge in [-0.15, -0.1) is 0 Å². The smallest absolute Gasteiger partial charge is 0.254 e. The number of carbonyl (C=O) groups excluding carboxylic acids is 1. The molecule has 3 heterocycles. The van der Waals surface area contributed by atoms with Crippen LogP contribution in [0.1, 0.15) is 23.2 Å². The molecule has 28 heavy (non-hydrogen) atoms. The molecule has 2 aromatic heterocycles. The number of H-pyrrole nitrogens is 1. The van der Waals surface area contributed by atoms with E-state index in [1.165, 1.54) is 12.1 Å². The molecular weight excluding hydrogens is 378 g/mol. The monoisotopic (exact) mass is 396 g/mol. The normalized spacial score (nSPS) is 19.2. The first kappa shape index (κ1) is 17.3. The quantitative estimate of drug-likeness (QED) is 0.676. The highest BCUT2D eigenvalue weighted by molar-refractivity contribution is 7.79. The molecule has 2 aliphatic rings. The Morgan fingerprint density at radius 2 is 2.07 bits per heavy atom. The van der Waals surface area contributed by atoms with E-state index in [0.717, 1.165) is 29.7 Å². The number of nitrogens with one attached hydrogen (secondary N) is 1. The predicted octanol–water partition coefficient (Wildman–Crippen LogP) is 1.69. The van der Waals surface area contributed by atoms with E-state index in [-0.39, 0.29) is 16.3 Å². The van der Waals surface area contributed by atoms with Crippen molar-refractivity contribution in [3.05, 3.63) is 48.4 Å². The predicted molar refractivity (Wildman–Crippen MR) is 103 cm³/mol. The minimum atomic E-state index is -2.35. The summed E-state index contributed by atoms with van der Waals surface area (Å²) in [7, 11) is 0. The Morgan fingerprint density at radius 1 is 1.21 bits per heavy atom. The van der Waals surface area contributed by atoms with E-state index in [2.05, 4.69) is 19.9 Å². The molecule has 1 atom stereocenters. The van der Waals surface area contributed by atoms with Gasteiger partial charge in [0.05, 0.1) is 10.9 Å². The van der Waals surface area contributed by atoms with Crippen molar-refractivity contribution in [1.82, 2.24) is 19.9 Å². The first-order chi connectivity index (χ1) is 13.6. The van der Waals surface area contributed by atoms with Crippen molar-refractivity contribution in [2.24, 2.45) is 0 Å². The van der Waals surface area contributed by atoms with Crippen LogP contribution in [0.25, 0.3) is 11.0 Å². The summed E-state index contributed by atoms with van der Waals surface area (Å²) in [5.74, 6) is 0.771. The third-order valence-electron chi connectivity index (χ3n) is 5.63. The van der Waals surface area contributed by atoms with Gasteiger partial charge in [-0.3, -0.25) is 9.00 Å². The lowest BCUT2D eigenvalue weighted by atomic mass is 10.1. The number of aromatic amines is 1. The number of anilines is 1. The molecule has 1 spiro atoms. The van der Waals surface area contributed by atoms with Crippen LogP contribution in [0.5, 0.6) is 0 Å². The molecule has 1 aromatic carbocycles. The Balaban J connectivity index is 1.41. The van der Waals surface area contributed by atoms with E-state index in [1.54, 1.807) is 18.5 Å². The van der Waals surface area contributed by atoms with Crippen LogP contribution in [0.3, 0.4) is 0 Å². The number of amides is 1. The summed E-state index contributed by atoms with van der Waals surface area (Å²) in [6.45, 7) is 1.95. The fraction of sp³-hybridized carbons (Fsp3) is 0.316. The third kappa shape index (κ3) is 2.78. The van der Waals surface area contributed by atoms with E-state index < -0.39 is 11.1 Å². The molecule has 2 fully saturated rings. The number of nitrogens with zero attached hydrogens (tertiary/aromatic N) is 4. The molecule has 9 heteroatoms. The molecule has 1 unspecified atom stereocenters. The fourth-order valence-electron chi connectivity index (χ4n) is 4.05. The highest BCUT2D eigenvalue weighted by Crippen LogP contribution is 2.46. The maximum absolute atomic E-state index is 13.1. The van der Waals surface area contributed by atoms with Crippen LogP contribution in [0.4, 0.5) is 5.82 Å². The number of aromatic nitrogens is 3. The fourth-order valence-corrected chi connectivity index (χ4v) is 4.46. The summed E-state index contributed by atoms with van der Waals surface area (Å²) in [6.07, 6.45) is 5.27. The summed E-state index contributed by atoms with van der Waals surface area (Å²) in [5.41, 5.74) is 1.00. The number of carbonyl (C=O) groups is 1. The molecule has 1 aliphatic carbocycles. The van der Waals surface area contributed by atoms with Crippen LogP contribution in [-0.2, 0) is 11.1 Å². The van der Waals surface area contributed by atoms with Crippen molar-refractivity contribution in [2.75, 3.05) is 24.5 Å². The van der Waals surface area contributed by atoms with Gasteiger partial charge in [0.25, 0.3) is 5.91 Å². The SMILES string of the molecule is O=C(c1cccc(S(=O)[O-])c1)N1CCN(c2ncnc3[nH]ccc23)CC12CC2. The molecule has 3 aromatic rings. The Hall–Kier alpha value is -2.78. The summed E-state index contributed by atoms with van der Waals surface area (Å²) < 4.78 is 22.5. The highest BCUT2D eigenvalue weighted by Gasteiger charge is 2.53. The molecule has 1 saturated carbocycles. The topological polar surface area (TPSA) is 105 Å². The molecule has 1 saturated heterocycles. The van der Waals surface area contributed by atoms with Gasteiger partial charge in [-0.1, -0.05) is 6.07 Å². The third-order valence-corrected chi connectivity index (χ3v) is 6.27. The standard InChI is InChI=1S/C19H19N5O3S/c25-18(13-2-1-3-14(10-13)28(26)27)24-9-8-23(11-19(24)5-6-19)17-15-4-7-20-16(15)21-12-22-17/h1-4,7,10,12H,5-6,8-9,11H2,(H,26,27)(H,20,21,22)/p-1. The molecule has 1 amide bonds. The average molecular weight is 396 g/mol. The summed E-state index contributed by atoms with van der Waals surface area (Å²) >= 11 is -2.35. The number of rotatable bonds is 3. The van der Waals surface area contributed by atoms with Crippen molar-refractivity contribution >= 4 is 33.8 Å². The second-order valence-electron chi connectivity index (χ2n) is 7.30. The van der Waals surface area contributed by atoms with Gasteiger partial charge in [-0.05, 0) is 48.2 Å². The van der Waals surface area contributed by atoms with Gasteiger partial charge >= 0.3 is 0 Å². The molecule has 0 bridgehead atoms. The van der Waals surface area contributed by atoms with Crippen LogP contribution in [0, 0.1) is 0 Å². The Bertz CT molecular complexity index is 1090.